The van der Waals surface area contributed by atoms with Crippen molar-refractivity contribution in [3.05, 3.63) is 53.6 Å². The van der Waals surface area contributed by atoms with Crippen LogP contribution in [0.15, 0.2) is 36.5 Å². The van der Waals surface area contributed by atoms with Crippen LogP contribution in [-0.4, -0.2) is 80.0 Å². The monoisotopic (exact) mass is 540 g/mol. The van der Waals surface area contributed by atoms with Crippen LogP contribution in [0.2, 0.25) is 0 Å². The Morgan fingerprint density at radius 1 is 1.00 bits per heavy atom. The Morgan fingerprint density at radius 3 is 1.97 bits per heavy atom. The third-order valence-electron chi connectivity index (χ3n) is 5.36. The molecule has 1 aliphatic heterocycles. The number of carboxylic acid groups (broad SMARTS) is 2. The smallest absolute Gasteiger partial charge is 0.475 e. The fourth-order valence-electron chi connectivity index (χ4n) is 3.06. The zero-order valence-corrected chi connectivity index (χ0v) is 20.6. The molecule has 0 unspecified atom stereocenters. The molecule has 2 aromatic rings. The van der Waals surface area contributed by atoms with Gasteiger partial charge in [-0.2, -0.15) is 26.3 Å². The van der Waals surface area contributed by atoms with E-state index in [0.29, 0.717) is 6.04 Å². The van der Waals surface area contributed by atoms with Crippen LogP contribution in [0.4, 0.5) is 26.3 Å². The number of hydrogen-bond acceptors (Lipinski definition) is 5. The van der Waals surface area contributed by atoms with Crippen molar-refractivity contribution < 1.29 is 46.1 Å². The summed E-state index contributed by atoms with van der Waals surface area (Å²) in [5.41, 5.74) is 2.76. The van der Waals surface area contributed by atoms with Crippen LogP contribution >= 0.6 is 0 Å². The molecule has 3 rings (SSSR count). The summed E-state index contributed by atoms with van der Waals surface area (Å²) in [7, 11) is 2.18. The van der Waals surface area contributed by atoms with E-state index in [-0.39, 0.29) is 0 Å². The summed E-state index contributed by atoms with van der Waals surface area (Å²) in [6.45, 7) is 9.71. The molecule has 0 aliphatic carbocycles. The number of benzene rings is 1. The quantitative estimate of drug-likeness (QED) is 0.534. The Labute approximate surface area is 210 Å². The Hall–Kier alpha value is -3.13. The lowest BCUT2D eigenvalue weighted by Crippen LogP contribution is -2.36. The van der Waals surface area contributed by atoms with Crippen LogP contribution < -0.4 is 0 Å². The van der Waals surface area contributed by atoms with Gasteiger partial charge in [-0.05, 0) is 32.9 Å². The van der Waals surface area contributed by atoms with E-state index in [1.807, 2.05) is 0 Å². The summed E-state index contributed by atoms with van der Waals surface area (Å²) in [5, 5.41) is 14.2. The Morgan fingerprint density at radius 2 is 1.51 bits per heavy atom. The molecule has 2 N–H and O–H groups in total. The highest BCUT2D eigenvalue weighted by Gasteiger charge is 2.38. The maximum Gasteiger partial charge on any atom is 0.490 e. The Bertz CT molecular complexity index is 969. The predicted molar refractivity (Wildman–Crippen MR) is 122 cm³/mol. The molecule has 0 amide bonds. The van der Waals surface area contributed by atoms with Crippen molar-refractivity contribution in [2.75, 3.05) is 20.1 Å². The lowest BCUT2D eigenvalue weighted by Gasteiger charge is -2.29. The number of aliphatic carboxylic acids is 2. The van der Waals surface area contributed by atoms with E-state index >= 15 is 0 Å². The number of aromatic nitrogens is 2. The number of alkyl halides is 6. The van der Waals surface area contributed by atoms with Crippen LogP contribution in [0.25, 0.3) is 0 Å². The first-order valence-electron chi connectivity index (χ1n) is 11.1. The number of fused-ring (bicyclic) bond motifs is 1. The highest BCUT2D eigenvalue weighted by atomic mass is 19.4. The molecule has 14 heteroatoms. The summed E-state index contributed by atoms with van der Waals surface area (Å²) < 4.78 is 65.9. The van der Waals surface area contributed by atoms with E-state index in [1.54, 1.807) is 0 Å². The normalized spacial score (nSPS) is 13.8. The summed E-state index contributed by atoms with van der Waals surface area (Å²) in [4.78, 5) is 27.3. The van der Waals surface area contributed by atoms with Gasteiger partial charge < -0.3 is 14.8 Å². The zero-order valence-electron chi connectivity index (χ0n) is 20.6. The second-order valence-electron chi connectivity index (χ2n) is 8.44. The number of rotatable bonds is 6. The predicted octanol–water partition coefficient (Wildman–Crippen LogP) is 4.05. The van der Waals surface area contributed by atoms with Crippen molar-refractivity contribution in [1.29, 1.82) is 0 Å². The lowest BCUT2D eigenvalue weighted by atomic mass is 10.1. The maximum atomic E-state index is 10.6. The second kappa shape index (κ2) is 14.0. The van der Waals surface area contributed by atoms with Gasteiger partial charge in [-0.15, -0.1) is 0 Å². The van der Waals surface area contributed by atoms with Crippen LogP contribution in [0.3, 0.4) is 0 Å². The summed E-state index contributed by atoms with van der Waals surface area (Å²) in [6, 6.07) is 11.3. The lowest BCUT2D eigenvalue weighted by molar-refractivity contribution is -0.193. The minimum absolute atomic E-state index is 0.562. The number of imidazole rings is 1. The second-order valence-corrected chi connectivity index (χ2v) is 8.44. The molecule has 0 saturated carbocycles. The van der Waals surface area contributed by atoms with Gasteiger partial charge in [-0.1, -0.05) is 30.3 Å². The number of carboxylic acids is 2. The van der Waals surface area contributed by atoms with Gasteiger partial charge in [-0.25, -0.2) is 14.6 Å². The first-order valence-corrected chi connectivity index (χ1v) is 11.1. The highest BCUT2D eigenvalue weighted by molar-refractivity contribution is 5.73. The largest absolute Gasteiger partial charge is 0.490 e. The van der Waals surface area contributed by atoms with Crippen LogP contribution in [0, 0.1) is 0 Å². The van der Waals surface area contributed by atoms with Gasteiger partial charge in [0.1, 0.15) is 5.82 Å². The van der Waals surface area contributed by atoms with Gasteiger partial charge in [0, 0.05) is 38.4 Å². The number of hydrogen-bond donors (Lipinski definition) is 2. The van der Waals surface area contributed by atoms with Crippen molar-refractivity contribution in [3.8, 4) is 0 Å². The average molecular weight is 541 g/mol. The topological polar surface area (TPSA) is 98.9 Å². The van der Waals surface area contributed by atoms with E-state index in [2.05, 4.69) is 76.8 Å². The molecule has 37 heavy (non-hydrogen) atoms. The van der Waals surface area contributed by atoms with Crippen LogP contribution in [-0.2, 0) is 35.6 Å². The third kappa shape index (κ3) is 11.6. The van der Waals surface area contributed by atoms with E-state index in [4.69, 9.17) is 19.8 Å². The first-order chi connectivity index (χ1) is 17.0. The molecule has 0 spiro atoms. The molecule has 0 atom stereocenters. The minimum Gasteiger partial charge on any atom is -0.475 e. The van der Waals surface area contributed by atoms with E-state index < -0.39 is 24.3 Å². The Balaban J connectivity index is 0.000000404. The zero-order chi connectivity index (χ0) is 28.4. The van der Waals surface area contributed by atoms with Gasteiger partial charge in [0.2, 0.25) is 0 Å². The summed E-state index contributed by atoms with van der Waals surface area (Å²) >= 11 is 0. The highest BCUT2D eigenvalue weighted by Crippen LogP contribution is 2.17. The molecular formula is C23H30F6N4O4. The Kier molecular flexibility index (Phi) is 12.1. The summed E-state index contributed by atoms with van der Waals surface area (Å²) in [5.74, 6) is -4.29. The van der Waals surface area contributed by atoms with Gasteiger partial charge >= 0.3 is 24.3 Å². The standard InChI is InChI=1S/C19H28N4.2C2HF3O2/c1-16(2)21(3)14-18-13-20-19-15-22(11-12-23(18)19)10-9-17-7-5-4-6-8-17;2*3-2(4,5)1(6)7/h4-8,13,16H,9-12,14-15H2,1-3H3;2*(H,6,7). The minimum atomic E-state index is -5.08. The third-order valence-corrected chi connectivity index (χ3v) is 5.36. The number of halogens is 6. The van der Waals surface area contributed by atoms with Crippen molar-refractivity contribution in [2.45, 2.75) is 58.3 Å². The van der Waals surface area contributed by atoms with Crippen molar-refractivity contribution in [2.24, 2.45) is 0 Å². The molecule has 0 fully saturated rings. The molecule has 208 valence electrons. The molecule has 1 aromatic heterocycles. The van der Waals surface area contributed by atoms with Crippen LogP contribution in [0.5, 0.6) is 0 Å². The molecular weight excluding hydrogens is 510 g/mol. The fraction of sp³-hybridized carbons (Fsp3) is 0.522. The van der Waals surface area contributed by atoms with Crippen molar-refractivity contribution in [3.63, 3.8) is 0 Å². The van der Waals surface area contributed by atoms with Gasteiger partial charge in [-0.3, -0.25) is 9.80 Å². The average Bonchev–Trinajstić information content (AvgIpc) is 3.19. The summed E-state index contributed by atoms with van der Waals surface area (Å²) in [6.07, 6.45) is -6.99. The van der Waals surface area contributed by atoms with Crippen LogP contribution in [0.1, 0.15) is 30.9 Å². The fourth-order valence-corrected chi connectivity index (χ4v) is 3.06. The van der Waals surface area contributed by atoms with E-state index in [9.17, 15) is 26.3 Å². The SMILES string of the molecule is CC(C)N(C)Cc1cnc2n1CCN(CCc1ccccc1)C2.O=C(O)C(F)(F)F.O=C(O)C(F)(F)F. The van der Waals surface area contributed by atoms with Gasteiger partial charge in [0.15, 0.2) is 0 Å². The number of carbonyl (C=O) groups is 2. The van der Waals surface area contributed by atoms with Gasteiger partial charge in [0.25, 0.3) is 0 Å². The van der Waals surface area contributed by atoms with E-state index in [0.717, 1.165) is 39.1 Å². The molecule has 1 aromatic carbocycles. The number of nitrogens with zero attached hydrogens (tertiary/aromatic N) is 4. The molecule has 2 heterocycles. The molecule has 0 bridgehead atoms. The molecule has 8 nitrogen and oxygen atoms in total. The van der Waals surface area contributed by atoms with E-state index in [1.165, 1.54) is 17.1 Å². The molecule has 0 saturated heterocycles. The van der Waals surface area contributed by atoms with Crippen molar-refractivity contribution in [1.82, 2.24) is 19.4 Å². The molecule has 1 aliphatic rings. The molecule has 0 radical (unpaired) electrons. The van der Waals surface area contributed by atoms with Gasteiger partial charge in [0.05, 0.1) is 12.2 Å². The first kappa shape index (κ1) is 31.9. The maximum absolute atomic E-state index is 10.6. The van der Waals surface area contributed by atoms with Crippen molar-refractivity contribution >= 4 is 11.9 Å².